The molecule has 0 radical (unpaired) electrons. The van der Waals surface area contributed by atoms with Gasteiger partial charge in [0.2, 0.25) is 0 Å². The number of hydrogen-bond acceptors (Lipinski definition) is 1. The number of carbonyl (C=O) groups excluding carboxylic acids is 1. The van der Waals surface area contributed by atoms with E-state index in [-0.39, 0.29) is 6.03 Å². The molecule has 1 aromatic heterocycles. The van der Waals surface area contributed by atoms with Crippen molar-refractivity contribution in [1.29, 1.82) is 0 Å². The minimum atomic E-state index is -0.0495. The van der Waals surface area contributed by atoms with Gasteiger partial charge in [-0.1, -0.05) is 55.8 Å². The van der Waals surface area contributed by atoms with Crippen LogP contribution in [0.1, 0.15) is 36.6 Å². The second kappa shape index (κ2) is 9.79. The molecule has 0 saturated heterocycles. The van der Waals surface area contributed by atoms with E-state index < -0.39 is 0 Å². The molecule has 0 bridgehead atoms. The van der Waals surface area contributed by atoms with E-state index >= 15 is 0 Å². The van der Waals surface area contributed by atoms with Gasteiger partial charge < -0.3 is 14.8 Å². The molecule has 2 aromatic carbocycles. The van der Waals surface area contributed by atoms with Crippen LogP contribution in [0.4, 0.5) is 10.5 Å². The molecule has 0 aliphatic heterocycles. The van der Waals surface area contributed by atoms with Gasteiger partial charge in [0, 0.05) is 30.7 Å². The zero-order valence-electron chi connectivity index (χ0n) is 16.8. The summed E-state index contributed by atoms with van der Waals surface area (Å²) in [6.45, 7) is 6.32. The van der Waals surface area contributed by atoms with Crippen molar-refractivity contribution in [2.24, 2.45) is 0 Å². The van der Waals surface area contributed by atoms with E-state index in [4.69, 9.17) is 0 Å². The molecular weight excluding hydrogens is 346 g/mol. The maximum absolute atomic E-state index is 12.9. The summed E-state index contributed by atoms with van der Waals surface area (Å²) in [6, 6.07) is 22.4. The lowest BCUT2D eigenvalue weighted by Crippen LogP contribution is -2.36. The van der Waals surface area contributed by atoms with Crippen LogP contribution in [0.25, 0.3) is 0 Å². The Kier molecular flexibility index (Phi) is 6.90. The molecular formula is C24H29N3O. The molecule has 0 aliphatic rings. The fourth-order valence-corrected chi connectivity index (χ4v) is 3.25. The van der Waals surface area contributed by atoms with Crippen LogP contribution in [0.15, 0.2) is 72.9 Å². The minimum Gasteiger partial charge on any atom is -0.345 e. The van der Waals surface area contributed by atoms with E-state index in [1.807, 2.05) is 42.2 Å². The summed E-state index contributed by atoms with van der Waals surface area (Å²) in [4.78, 5) is 14.8. The standard InChI is InChI=1S/C24H29N3O/c1-3-4-15-27(24(28)25-22-13-8-10-20(2)17-22)19-23-14-9-16-26(23)18-21-11-6-5-7-12-21/h5-14,16-17H,3-4,15,18-19H2,1-2H3,(H,25,28). The smallest absolute Gasteiger partial charge is 0.322 e. The molecule has 28 heavy (non-hydrogen) atoms. The Morgan fingerprint density at radius 2 is 1.86 bits per heavy atom. The molecule has 0 atom stereocenters. The first-order valence-corrected chi connectivity index (χ1v) is 9.96. The molecule has 4 heteroatoms. The summed E-state index contributed by atoms with van der Waals surface area (Å²) >= 11 is 0. The third-order valence-corrected chi connectivity index (χ3v) is 4.81. The topological polar surface area (TPSA) is 37.3 Å². The van der Waals surface area contributed by atoms with Crippen molar-refractivity contribution in [2.75, 3.05) is 11.9 Å². The summed E-state index contributed by atoms with van der Waals surface area (Å²) in [7, 11) is 0. The Hall–Kier alpha value is -3.01. The first-order valence-electron chi connectivity index (χ1n) is 9.96. The highest BCUT2D eigenvalue weighted by molar-refractivity contribution is 5.89. The molecule has 3 rings (SSSR count). The highest BCUT2D eigenvalue weighted by Crippen LogP contribution is 2.14. The van der Waals surface area contributed by atoms with Gasteiger partial charge in [0.25, 0.3) is 0 Å². The average molecular weight is 376 g/mol. The van der Waals surface area contributed by atoms with Crippen LogP contribution in [-0.4, -0.2) is 22.0 Å². The van der Waals surface area contributed by atoms with Gasteiger partial charge in [0.05, 0.1) is 6.54 Å². The molecule has 4 nitrogen and oxygen atoms in total. The lowest BCUT2D eigenvalue weighted by atomic mass is 10.2. The number of aryl methyl sites for hydroxylation is 1. The molecule has 0 aliphatic carbocycles. The highest BCUT2D eigenvalue weighted by Gasteiger charge is 2.16. The molecule has 1 heterocycles. The quantitative estimate of drug-likeness (QED) is 0.540. The van der Waals surface area contributed by atoms with E-state index in [9.17, 15) is 4.79 Å². The summed E-state index contributed by atoms with van der Waals surface area (Å²) in [6.07, 6.45) is 4.12. The van der Waals surface area contributed by atoms with Crippen LogP contribution in [0, 0.1) is 6.92 Å². The summed E-state index contributed by atoms with van der Waals surface area (Å²) < 4.78 is 2.22. The zero-order valence-corrected chi connectivity index (χ0v) is 16.8. The maximum Gasteiger partial charge on any atom is 0.322 e. The SMILES string of the molecule is CCCCN(Cc1cccn1Cc1ccccc1)C(=O)Nc1cccc(C)c1. The number of amides is 2. The summed E-state index contributed by atoms with van der Waals surface area (Å²) in [5.74, 6) is 0. The second-order valence-electron chi connectivity index (χ2n) is 7.19. The number of unbranched alkanes of at least 4 members (excludes halogenated alkanes) is 1. The Morgan fingerprint density at radius 1 is 1.04 bits per heavy atom. The largest absolute Gasteiger partial charge is 0.345 e. The molecule has 0 unspecified atom stereocenters. The molecule has 3 aromatic rings. The Morgan fingerprint density at radius 3 is 2.61 bits per heavy atom. The zero-order chi connectivity index (χ0) is 19.8. The van der Waals surface area contributed by atoms with Gasteiger partial charge in [-0.2, -0.15) is 0 Å². The maximum atomic E-state index is 12.9. The van der Waals surface area contributed by atoms with Gasteiger partial charge in [-0.05, 0) is 48.7 Å². The number of hydrogen-bond donors (Lipinski definition) is 1. The predicted octanol–water partition coefficient (Wildman–Crippen LogP) is 5.68. The minimum absolute atomic E-state index is 0.0495. The molecule has 0 fully saturated rings. The van der Waals surface area contributed by atoms with E-state index in [2.05, 4.69) is 59.4 Å². The van der Waals surface area contributed by atoms with Crippen molar-refractivity contribution in [3.63, 3.8) is 0 Å². The molecule has 1 N–H and O–H groups in total. The van der Waals surface area contributed by atoms with Gasteiger partial charge in [-0.3, -0.25) is 0 Å². The van der Waals surface area contributed by atoms with E-state index in [1.54, 1.807) is 0 Å². The van der Waals surface area contributed by atoms with Crippen LogP contribution in [0.2, 0.25) is 0 Å². The monoisotopic (exact) mass is 375 g/mol. The van der Waals surface area contributed by atoms with Crippen molar-refractivity contribution in [3.8, 4) is 0 Å². The number of nitrogens with zero attached hydrogens (tertiary/aromatic N) is 2. The van der Waals surface area contributed by atoms with Crippen molar-refractivity contribution < 1.29 is 4.79 Å². The van der Waals surface area contributed by atoms with E-state index in [0.29, 0.717) is 6.54 Å². The second-order valence-corrected chi connectivity index (χ2v) is 7.19. The lowest BCUT2D eigenvalue weighted by molar-refractivity contribution is 0.207. The van der Waals surface area contributed by atoms with Gasteiger partial charge in [0.15, 0.2) is 0 Å². The Labute approximate surface area is 167 Å². The fourth-order valence-electron chi connectivity index (χ4n) is 3.25. The molecule has 0 saturated carbocycles. The first-order chi connectivity index (χ1) is 13.7. The van der Waals surface area contributed by atoms with Crippen LogP contribution in [-0.2, 0) is 13.1 Å². The number of aromatic nitrogens is 1. The number of carbonyl (C=O) groups is 1. The number of urea groups is 1. The Balaban J connectivity index is 1.72. The third kappa shape index (κ3) is 5.49. The molecule has 2 amide bonds. The number of anilines is 1. The summed E-state index contributed by atoms with van der Waals surface area (Å²) in [5, 5.41) is 3.05. The number of rotatable bonds is 8. The van der Waals surface area contributed by atoms with E-state index in [1.165, 1.54) is 5.56 Å². The first kappa shape index (κ1) is 19.7. The van der Waals surface area contributed by atoms with Gasteiger partial charge in [-0.25, -0.2) is 4.79 Å². The van der Waals surface area contributed by atoms with Crippen molar-refractivity contribution in [2.45, 2.75) is 39.8 Å². The van der Waals surface area contributed by atoms with Gasteiger partial charge in [0.1, 0.15) is 0 Å². The fraction of sp³-hybridized carbons (Fsp3) is 0.292. The average Bonchev–Trinajstić information content (AvgIpc) is 3.12. The van der Waals surface area contributed by atoms with Gasteiger partial charge in [-0.15, -0.1) is 0 Å². The Bertz CT molecular complexity index is 886. The molecule has 0 spiro atoms. The van der Waals surface area contributed by atoms with Crippen LogP contribution in [0.3, 0.4) is 0 Å². The lowest BCUT2D eigenvalue weighted by Gasteiger charge is -2.24. The van der Waals surface area contributed by atoms with Crippen LogP contribution in [0.5, 0.6) is 0 Å². The molecule has 146 valence electrons. The number of nitrogens with one attached hydrogen (secondary N) is 1. The van der Waals surface area contributed by atoms with Crippen LogP contribution < -0.4 is 5.32 Å². The van der Waals surface area contributed by atoms with Crippen molar-refractivity contribution in [1.82, 2.24) is 9.47 Å². The normalized spacial score (nSPS) is 10.6. The summed E-state index contributed by atoms with van der Waals surface area (Å²) in [5.41, 5.74) is 4.37. The third-order valence-electron chi connectivity index (χ3n) is 4.81. The van der Waals surface area contributed by atoms with Crippen molar-refractivity contribution >= 4 is 11.7 Å². The predicted molar refractivity (Wildman–Crippen MR) is 115 cm³/mol. The number of benzene rings is 2. The highest BCUT2D eigenvalue weighted by atomic mass is 16.2. The van der Waals surface area contributed by atoms with Gasteiger partial charge >= 0.3 is 6.03 Å². The van der Waals surface area contributed by atoms with Crippen LogP contribution >= 0.6 is 0 Å². The van der Waals surface area contributed by atoms with E-state index in [0.717, 1.165) is 42.9 Å². The van der Waals surface area contributed by atoms with Crippen molar-refractivity contribution in [3.05, 3.63) is 89.7 Å².